The van der Waals surface area contributed by atoms with Crippen molar-refractivity contribution in [1.82, 2.24) is 9.62 Å². The Morgan fingerprint density at radius 1 is 1.40 bits per heavy atom. The van der Waals surface area contributed by atoms with Gasteiger partial charge in [0.15, 0.2) is 0 Å². The molecule has 3 rings (SSSR count). The van der Waals surface area contributed by atoms with Gasteiger partial charge in [0, 0.05) is 17.6 Å². The van der Waals surface area contributed by atoms with Gasteiger partial charge in [0.1, 0.15) is 0 Å². The zero-order valence-electron chi connectivity index (χ0n) is 11.4. The summed E-state index contributed by atoms with van der Waals surface area (Å²) in [4.78, 5) is 0.302. The molecule has 1 N–H and O–H groups in total. The number of hydrogen-bond donors (Lipinski definition) is 1. The van der Waals surface area contributed by atoms with Gasteiger partial charge in [-0.3, -0.25) is 0 Å². The van der Waals surface area contributed by atoms with E-state index in [9.17, 15) is 8.42 Å². The summed E-state index contributed by atoms with van der Waals surface area (Å²) in [5.41, 5.74) is 0. The highest BCUT2D eigenvalue weighted by Crippen LogP contribution is 2.37. The van der Waals surface area contributed by atoms with Crippen molar-refractivity contribution in [3.8, 4) is 0 Å². The Balaban J connectivity index is 1.95. The maximum Gasteiger partial charge on any atom is 0.243 e. The molecule has 1 aromatic carbocycles. The number of nitrogens with zero attached hydrogens (tertiary/aromatic N) is 1. The van der Waals surface area contributed by atoms with E-state index in [1.165, 1.54) is 6.07 Å². The average molecular weight is 315 g/mol. The Kier molecular flexibility index (Phi) is 3.79. The van der Waals surface area contributed by atoms with Crippen molar-refractivity contribution < 1.29 is 8.42 Å². The first-order valence-electron chi connectivity index (χ1n) is 7.02. The van der Waals surface area contributed by atoms with E-state index >= 15 is 0 Å². The van der Waals surface area contributed by atoms with Crippen molar-refractivity contribution in [2.75, 3.05) is 19.6 Å². The lowest BCUT2D eigenvalue weighted by molar-refractivity contribution is 0.329. The Bertz CT molecular complexity index is 605. The Hall–Kier alpha value is -0.620. The van der Waals surface area contributed by atoms with E-state index in [1.807, 2.05) is 0 Å². The molecule has 0 saturated carbocycles. The van der Waals surface area contributed by atoms with Gasteiger partial charge in [-0.2, -0.15) is 4.31 Å². The van der Waals surface area contributed by atoms with E-state index in [4.69, 9.17) is 11.6 Å². The van der Waals surface area contributed by atoms with Crippen LogP contribution in [-0.4, -0.2) is 38.4 Å². The van der Waals surface area contributed by atoms with Crippen LogP contribution in [0, 0.1) is 11.8 Å². The normalized spacial score (nSPS) is 30.6. The van der Waals surface area contributed by atoms with Crippen LogP contribution in [0.3, 0.4) is 0 Å². The fourth-order valence-corrected chi connectivity index (χ4v) is 5.63. The van der Waals surface area contributed by atoms with Crippen molar-refractivity contribution in [2.24, 2.45) is 11.8 Å². The second kappa shape index (κ2) is 5.30. The van der Waals surface area contributed by atoms with Gasteiger partial charge in [-0.1, -0.05) is 24.6 Å². The standard InChI is InChI=1S/C14H19ClN2O2S/c1-2-14-13-8-16-7-10(13)9-17(14)20(18,19)12-5-3-4-11(15)6-12/h3-6,10,13-14,16H,2,7-9H2,1H3/t10-,13-,14-/m1/s1. The second-order valence-electron chi connectivity index (χ2n) is 5.59. The summed E-state index contributed by atoms with van der Waals surface area (Å²) in [6.07, 6.45) is 0.850. The molecule has 0 spiro atoms. The molecule has 2 saturated heterocycles. The van der Waals surface area contributed by atoms with Crippen molar-refractivity contribution >= 4 is 21.6 Å². The molecule has 2 heterocycles. The molecular weight excluding hydrogens is 296 g/mol. The zero-order valence-corrected chi connectivity index (χ0v) is 13.0. The van der Waals surface area contributed by atoms with Crippen molar-refractivity contribution in [2.45, 2.75) is 24.3 Å². The first-order valence-corrected chi connectivity index (χ1v) is 8.84. The number of sulfonamides is 1. The van der Waals surface area contributed by atoms with E-state index in [2.05, 4.69) is 12.2 Å². The monoisotopic (exact) mass is 314 g/mol. The molecule has 6 heteroatoms. The summed E-state index contributed by atoms with van der Waals surface area (Å²) >= 11 is 5.93. The number of fused-ring (bicyclic) bond motifs is 1. The molecule has 0 bridgehead atoms. The third-order valence-corrected chi connectivity index (χ3v) is 6.61. The fraction of sp³-hybridized carbons (Fsp3) is 0.571. The molecule has 110 valence electrons. The lowest BCUT2D eigenvalue weighted by Crippen LogP contribution is -2.39. The minimum atomic E-state index is -3.44. The van der Waals surface area contributed by atoms with E-state index in [-0.39, 0.29) is 6.04 Å². The van der Waals surface area contributed by atoms with Gasteiger partial charge in [-0.25, -0.2) is 8.42 Å². The van der Waals surface area contributed by atoms with Gasteiger partial charge in [0.05, 0.1) is 4.90 Å². The van der Waals surface area contributed by atoms with Crippen molar-refractivity contribution in [3.05, 3.63) is 29.3 Å². The summed E-state index contributed by atoms with van der Waals surface area (Å²) < 4.78 is 27.4. The number of rotatable bonds is 3. The molecule has 0 amide bonds. The predicted octanol–water partition coefficient (Wildman–Crippen LogP) is 1.96. The van der Waals surface area contributed by atoms with Gasteiger partial charge in [0.25, 0.3) is 0 Å². The van der Waals surface area contributed by atoms with Crippen molar-refractivity contribution in [3.63, 3.8) is 0 Å². The largest absolute Gasteiger partial charge is 0.316 e. The van der Waals surface area contributed by atoms with Crippen LogP contribution in [0.25, 0.3) is 0 Å². The van der Waals surface area contributed by atoms with Crippen LogP contribution in [-0.2, 0) is 10.0 Å². The molecule has 3 atom stereocenters. The first kappa shape index (κ1) is 14.3. The SMILES string of the molecule is CC[C@@H]1[C@@H]2CNC[C@@H]2CN1S(=O)(=O)c1cccc(Cl)c1. The number of nitrogens with one attached hydrogen (secondary N) is 1. The van der Waals surface area contributed by atoms with E-state index in [1.54, 1.807) is 22.5 Å². The number of hydrogen-bond acceptors (Lipinski definition) is 3. The number of halogens is 1. The lowest BCUT2D eigenvalue weighted by Gasteiger charge is -2.26. The third kappa shape index (κ3) is 2.26. The molecule has 2 fully saturated rings. The highest BCUT2D eigenvalue weighted by atomic mass is 35.5. The van der Waals surface area contributed by atoms with E-state index in [0.717, 1.165) is 19.5 Å². The first-order chi connectivity index (χ1) is 9.54. The molecule has 2 aliphatic heterocycles. The summed E-state index contributed by atoms with van der Waals surface area (Å²) in [6, 6.07) is 6.64. The van der Waals surface area contributed by atoms with Gasteiger partial charge >= 0.3 is 0 Å². The van der Waals surface area contributed by atoms with Gasteiger partial charge in [-0.15, -0.1) is 0 Å². The highest BCUT2D eigenvalue weighted by Gasteiger charge is 2.48. The molecule has 1 aromatic rings. The molecule has 0 unspecified atom stereocenters. The fourth-order valence-electron chi connectivity index (χ4n) is 3.53. The topological polar surface area (TPSA) is 49.4 Å². The molecule has 4 nitrogen and oxygen atoms in total. The Labute approximate surface area is 125 Å². The average Bonchev–Trinajstić information content (AvgIpc) is 2.98. The molecule has 2 aliphatic rings. The predicted molar refractivity (Wildman–Crippen MR) is 79.3 cm³/mol. The third-order valence-electron chi connectivity index (χ3n) is 4.49. The smallest absolute Gasteiger partial charge is 0.243 e. The van der Waals surface area contributed by atoms with Crippen LogP contribution in [0.5, 0.6) is 0 Å². The van der Waals surface area contributed by atoms with E-state index < -0.39 is 10.0 Å². The molecule has 20 heavy (non-hydrogen) atoms. The van der Waals surface area contributed by atoms with Gasteiger partial charge in [0.2, 0.25) is 10.0 Å². The Morgan fingerprint density at radius 3 is 2.90 bits per heavy atom. The lowest BCUT2D eigenvalue weighted by atomic mass is 9.93. The van der Waals surface area contributed by atoms with Crippen LogP contribution in [0.2, 0.25) is 5.02 Å². The van der Waals surface area contributed by atoms with Crippen LogP contribution >= 0.6 is 11.6 Å². The number of benzene rings is 1. The summed E-state index contributed by atoms with van der Waals surface area (Å²) in [5.74, 6) is 0.878. The van der Waals surface area contributed by atoms with Crippen LogP contribution in [0.4, 0.5) is 0 Å². The zero-order chi connectivity index (χ0) is 14.3. The molecule has 0 aromatic heterocycles. The minimum Gasteiger partial charge on any atom is -0.316 e. The molecule has 0 aliphatic carbocycles. The second-order valence-corrected chi connectivity index (χ2v) is 7.92. The van der Waals surface area contributed by atoms with Gasteiger partial charge in [-0.05, 0) is 49.5 Å². The van der Waals surface area contributed by atoms with Gasteiger partial charge < -0.3 is 5.32 Å². The Morgan fingerprint density at radius 2 is 2.20 bits per heavy atom. The minimum absolute atomic E-state index is 0.0963. The summed E-state index contributed by atoms with van der Waals surface area (Å²) in [7, 11) is -3.44. The van der Waals surface area contributed by atoms with Crippen LogP contribution in [0.1, 0.15) is 13.3 Å². The summed E-state index contributed by atoms with van der Waals surface area (Å²) in [6.45, 7) is 4.52. The van der Waals surface area contributed by atoms with Crippen molar-refractivity contribution in [1.29, 1.82) is 0 Å². The van der Waals surface area contributed by atoms with Crippen LogP contribution in [0.15, 0.2) is 29.2 Å². The maximum atomic E-state index is 12.8. The summed E-state index contributed by atoms with van der Waals surface area (Å²) in [5, 5.41) is 3.83. The van der Waals surface area contributed by atoms with Crippen LogP contribution < -0.4 is 5.32 Å². The molecular formula is C14H19ClN2O2S. The maximum absolute atomic E-state index is 12.8. The molecule has 0 radical (unpaired) electrons. The quantitative estimate of drug-likeness (QED) is 0.928. The van der Waals surface area contributed by atoms with E-state index in [0.29, 0.717) is 28.3 Å². The highest BCUT2D eigenvalue weighted by molar-refractivity contribution is 7.89.